The summed E-state index contributed by atoms with van der Waals surface area (Å²) in [7, 11) is 0. The summed E-state index contributed by atoms with van der Waals surface area (Å²) in [6.45, 7) is 0.0562. The van der Waals surface area contributed by atoms with E-state index in [1.165, 1.54) is 35.6 Å². The molecule has 0 saturated heterocycles. The zero-order chi connectivity index (χ0) is 17.6. The van der Waals surface area contributed by atoms with Crippen molar-refractivity contribution in [3.63, 3.8) is 0 Å². The Bertz CT molecular complexity index is 898. The minimum absolute atomic E-state index is 0.00406. The Kier molecular flexibility index (Phi) is 5.00. The molecule has 0 aliphatic heterocycles. The number of aromatic nitrogens is 1. The van der Waals surface area contributed by atoms with Crippen LogP contribution in [0.4, 0.5) is 5.69 Å². The molecule has 1 aromatic carbocycles. The highest BCUT2D eigenvalue weighted by Gasteiger charge is 2.08. The molecule has 3 rings (SSSR count). The highest BCUT2D eigenvalue weighted by atomic mass is 32.1. The fourth-order valence-corrected chi connectivity index (χ4v) is 2.72. The molecule has 2 aromatic heterocycles. The largest absolute Gasteiger partial charge is 0.462 e. The Morgan fingerprint density at radius 3 is 2.80 bits per heavy atom. The van der Waals surface area contributed by atoms with E-state index < -0.39 is 10.9 Å². The number of hydrogen-bond acceptors (Lipinski definition) is 7. The standard InChI is InChI=1S/C17H12N2O5S/c20-16(8-5-12-3-6-14(7-4-12)19(21)22)24-10-13-11-25-17(18-13)15-2-1-9-23-15/h1-9,11H,10H2/b8-5+. The molecule has 0 atom stereocenters. The van der Waals surface area contributed by atoms with Crippen LogP contribution >= 0.6 is 11.3 Å². The van der Waals surface area contributed by atoms with Gasteiger partial charge in [-0.25, -0.2) is 9.78 Å². The van der Waals surface area contributed by atoms with Crippen LogP contribution in [0, 0.1) is 10.1 Å². The van der Waals surface area contributed by atoms with E-state index in [4.69, 9.17) is 9.15 Å². The SMILES string of the molecule is O=C(/C=C/c1ccc([N+](=O)[O-])cc1)OCc1csc(-c2ccco2)n1. The lowest BCUT2D eigenvalue weighted by atomic mass is 10.2. The highest BCUT2D eigenvalue weighted by Crippen LogP contribution is 2.24. The molecule has 7 nitrogen and oxygen atoms in total. The van der Waals surface area contributed by atoms with Crippen molar-refractivity contribution in [1.82, 2.24) is 4.98 Å². The van der Waals surface area contributed by atoms with Gasteiger partial charge in [0, 0.05) is 23.6 Å². The lowest BCUT2D eigenvalue weighted by Gasteiger charge is -1.98. The minimum atomic E-state index is -0.522. The van der Waals surface area contributed by atoms with Gasteiger partial charge in [-0.15, -0.1) is 11.3 Å². The quantitative estimate of drug-likeness (QED) is 0.286. The molecule has 0 amide bonds. The van der Waals surface area contributed by atoms with Gasteiger partial charge in [-0.05, 0) is 35.9 Å². The van der Waals surface area contributed by atoms with E-state index in [-0.39, 0.29) is 12.3 Å². The number of carbonyl (C=O) groups is 1. The van der Waals surface area contributed by atoms with E-state index in [0.717, 1.165) is 5.01 Å². The Morgan fingerprint density at radius 2 is 2.12 bits per heavy atom. The van der Waals surface area contributed by atoms with Gasteiger partial charge in [-0.1, -0.05) is 0 Å². The zero-order valence-corrected chi connectivity index (χ0v) is 13.6. The second-order valence-corrected chi connectivity index (χ2v) is 5.77. The van der Waals surface area contributed by atoms with Gasteiger partial charge in [0.15, 0.2) is 10.8 Å². The molecule has 2 heterocycles. The van der Waals surface area contributed by atoms with Crippen LogP contribution in [0.5, 0.6) is 0 Å². The Hall–Kier alpha value is -3.26. The maximum Gasteiger partial charge on any atom is 0.331 e. The first-order valence-corrected chi connectivity index (χ1v) is 8.07. The Labute approximate surface area is 146 Å². The van der Waals surface area contributed by atoms with Gasteiger partial charge in [0.1, 0.15) is 6.61 Å². The molecule has 8 heteroatoms. The number of nitro groups is 1. The number of carbonyl (C=O) groups excluding carboxylic acids is 1. The average Bonchev–Trinajstić information content (AvgIpc) is 3.29. The molecular formula is C17H12N2O5S. The molecule has 0 fully saturated rings. The summed E-state index contributed by atoms with van der Waals surface area (Å²) in [5, 5.41) is 13.1. The highest BCUT2D eigenvalue weighted by molar-refractivity contribution is 7.13. The lowest BCUT2D eigenvalue weighted by Crippen LogP contribution is -2.00. The van der Waals surface area contributed by atoms with E-state index in [9.17, 15) is 14.9 Å². The summed E-state index contributed by atoms with van der Waals surface area (Å²) in [6, 6.07) is 9.43. The number of nitrogens with zero attached hydrogens (tertiary/aromatic N) is 2. The van der Waals surface area contributed by atoms with Crippen LogP contribution in [0.2, 0.25) is 0 Å². The topological polar surface area (TPSA) is 95.5 Å². The molecule has 0 saturated carbocycles. The zero-order valence-electron chi connectivity index (χ0n) is 12.8. The minimum Gasteiger partial charge on any atom is -0.462 e. The van der Waals surface area contributed by atoms with E-state index in [0.29, 0.717) is 17.0 Å². The maximum absolute atomic E-state index is 11.7. The number of benzene rings is 1. The summed E-state index contributed by atoms with van der Waals surface area (Å²) in [5.41, 5.74) is 1.29. The van der Waals surface area contributed by atoms with Crippen LogP contribution in [0.25, 0.3) is 16.8 Å². The second kappa shape index (κ2) is 7.54. The van der Waals surface area contributed by atoms with Gasteiger partial charge < -0.3 is 9.15 Å². The van der Waals surface area contributed by atoms with Crippen LogP contribution in [-0.4, -0.2) is 15.9 Å². The third-order valence-electron chi connectivity index (χ3n) is 3.16. The van der Waals surface area contributed by atoms with E-state index in [1.807, 2.05) is 6.07 Å². The van der Waals surface area contributed by atoms with Gasteiger partial charge in [0.2, 0.25) is 0 Å². The number of esters is 1. The van der Waals surface area contributed by atoms with E-state index in [1.54, 1.807) is 29.8 Å². The first-order chi connectivity index (χ1) is 12.1. The molecule has 25 heavy (non-hydrogen) atoms. The molecule has 0 N–H and O–H groups in total. The van der Waals surface area contributed by atoms with Crippen LogP contribution in [0.1, 0.15) is 11.3 Å². The number of rotatable bonds is 6. The van der Waals surface area contributed by atoms with Crippen molar-refractivity contribution in [1.29, 1.82) is 0 Å². The van der Waals surface area contributed by atoms with E-state index in [2.05, 4.69) is 4.98 Å². The average molecular weight is 356 g/mol. The number of hydrogen-bond donors (Lipinski definition) is 0. The fourth-order valence-electron chi connectivity index (χ4n) is 1.95. The summed E-state index contributed by atoms with van der Waals surface area (Å²) >= 11 is 1.40. The molecule has 0 unspecified atom stereocenters. The van der Waals surface area contributed by atoms with Crippen molar-refractivity contribution in [3.8, 4) is 10.8 Å². The van der Waals surface area contributed by atoms with Crippen LogP contribution in [-0.2, 0) is 16.1 Å². The third kappa shape index (κ3) is 4.39. The number of ether oxygens (including phenoxy) is 1. The summed E-state index contributed by atoms with van der Waals surface area (Å²) in [6.07, 6.45) is 4.36. The number of furan rings is 1. The summed E-state index contributed by atoms with van der Waals surface area (Å²) < 4.78 is 10.4. The molecule has 0 spiro atoms. The maximum atomic E-state index is 11.7. The van der Waals surface area contributed by atoms with Gasteiger partial charge in [0.05, 0.1) is 16.9 Å². The number of non-ortho nitro benzene ring substituents is 1. The van der Waals surface area contributed by atoms with Gasteiger partial charge in [0.25, 0.3) is 5.69 Å². The first kappa shape index (κ1) is 16.6. The Morgan fingerprint density at radius 1 is 1.32 bits per heavy atom. The van der Waals surface area contributed by atoms with E-state index >= 15 is 0 Å². The molecule has 0 bridgehead atoms. The van der Waals surface area contributed by atoms with Crippen molar-refractivity contribution >= 4 is 29.1 Å². The number of nitro benzene ring substituents is 1. The molecule has 0 aliphatic rings. The lowest BCUT2D eigenvalue weighted by molar-refractivity contribution is -0.384. The predicted octanol–water partition coefficient (Wildman–Crippen LogP) is 4.07. The van der Waals surface area contributed by atoms with Gasteiger partial charge in [-0.3, -0.25) is 10.1 Å². The van der Waals surface area contributed by atoms with Gasteiger partial charge in [-0.2, -0.15) is 0 Å². The number of thiazole rings is 1. The summed E-state index contributed by atoms with van der Waals surface area (Å²) in [4.78, 5) is 26.2. The van der Waals surface area contributed by atoms with Crippen molar-refractivity contribution < 1.29 is 18.9 Å². The van der Waals surface area contributed by atoms with Crippen molar-refractivity contribution in [3.05, 3.63) is 75.5 Å². The van der Waals surface area contributed by atoms with Crippen LogP contribution < -0.4 is 0 Å². The summed E-state index contributed by atoms with van der Waals surface area (Å²) in [5.74, 6) is 0.145. The monoisotopic (exact) mass is 356 g/mol. The molecule has 126 valence electrons. The van der Waals surface area contributed by atoms with Crippen LogP contribution in [0.3, 0.4) is 0 Å². The smallest absolute Gasteiger partial charge is 0.331 e. The van der Waals surface area contributed by atoms with Crippen molar-refractivity contribution in [2.75, 3.05) is 0 Å². The molecular weight excluding hydrogens is 344 g/mol. The van der Waals surface area contributed by atoms with Crippen LogP contribution in [0.15, 0.2) is 58.5 Å². The second-order valence-electron chi connectivity index (χ2n) is 4.91. The molecule has 0 aliphatic carbocycles. The normalized spacial score (nSPS) is 10.9. The molecule has 0 radical (unpaired) electrons. The van der Waals surface area contributed by atoms with Crippen molar-refractivity contribution in [2.24, 2.45) is 0 Å². The third-order valence-corrected chi connectivity index (χ3v) is 4.07. The fraction of sp³-hybridized carbons (Fsp3) is 0.0588. The van der Waals surface area contributed by atoms with Crippen molar-refractivity contribution in [2.45, 2.75) is 6.61 Å². The van der Waals surface area contributed by atoms with Gasteiger partial charge >= 0.3 is 5.97 Å². The molecule has 3 aromatic rings. The predicted molar refractivity (Wildman–Crippen MR) is 91.7 cm³/mol. The first-order valence-electron chi connectivity index (χ1n) is 7.19. The Balaban J connectivity index is 1.53.